The monoisotopic (exact) mass is 423 g/mol. The summed E-state index contributed by atoms with van der Waals surface area (Å²) >= 11 is 0. The van der Waals surface area contributed by atoms with E-state index in [9.17, 15) is 8.78 Å². The number of halogens is 2. The van der Waals surface area contributed by atoms with Crippen LogP contribution in [-0.4, -0.2) is 29.6 Å². The van der Waals surface area contributed by atoms with E-state index in [1.165, 1.54) is 23.3 Å². The van der Waals surface area contributed by atoms with E-state index in [1.54, 1.807) is 6.07 Å². The van der Waals surface area contributed by atoms with Crippen molar-refractivity contribution < 1.29 is 8.78 Å². The van der Waals surface area contributed by atoms with Crippen molar-refractivity contribution in [3.05, 3.63) is 70.8 Å². The van der Waals surface area contributed by atoms with Gasteiger partial charge in [0.2, 0.25) is 0 Å². The van der Waals surface area contributed by atoms with Gasteiger partial charge < -0.3 is 11.1 Å². The summed E-state index contributed by atoms with van der Waals surface area (Å²) in [5, 5.41) is 3.53. The van der Waals surface area contributed by atoms with Crippen molar-refractivity contribution in [1.82, 2.24) is 10.2 Å². The number of hydrogen-bond donors (Lipinski definition) is 2. The van der Waals surface area contributed by atoms with Crippen molar-refractivity contribution in [2.24, 2.45) is 5.73 Å². The molecular weight excluding hydrogens is 392 g/mol. The highest BCUT2D eigenvalue weighted by atomic mass is 19.2. The Morgan fingerprint density at radius 2 is 1.71 bits per heavy atom. The van der Waals surface area contributed by atoms with Gasteiger partial charge in [-0.25, -0.2) is 8.78 Å². The maximum atomic E-state index is 13.4. The Bertz CT molecular complexity index is 913. The summed E-state index contributed by atoms with van der Waals surface area (Å²) < 4.78 is 26.6. The van der Waals surface area contributed by atoms with Gasteiger partial charge in [0.15, 0.2) is 11.6 Å². The lowest BCUT2D eigenvalue weighted by Gasteiger charge is -2.35. The largest absolute Gasteiger partial charge is 0.328 e. The molecule has 2 aliphatic carbocycles. The van der Waals surface area contributed by atoms with Gasteiger partial charge in [-0.3, -0.25) is 4.90 Å². The minimum Gasteiger partial charge on any atom is -0.328 e. The Morgan fingerprint density at radius 3 is 2.39 bits per heavy atom. The molecule has 2 aliphatic rings. The fraction of sp³-hybridized carbons (Fsp3) is 0.462. The molecule has 0 radical (unpaired) electrons. The molecule has 4 rings (SSSR count). The lowest BCUT2D eigenvalue weighted by atomic mass is 9.90. The van der Waals surface area contributed by atoms with E-state index in [4.69, 9.17) is 12.2 Å². The van der Waals surface area contributed by atoms with Crippen molar-refractivity contribution in [3.63, 3.8) is 0 Å². The molecule has 0 aliphatic heterocycles. The predicted molar refractivity (Wildman–Crippen MR) is 120 cm³/mol. The third-order valence-electron chi connectivity index (χ3n) is 6.69. The van der Waals surface area contributed by atoms with Crippen LogP contribution in [-0.2, 0) is 13.1 Å². The molecule has 0 saturated heterocycles. The number of nitrogens with zero attached hydrogens (tertiary/aromatic N) is 1. The fourth-order valence-corrected chi connectivity index (χ4v) is 4.68. The van der Waals surface area contributed by atoms with E-state index in [0.717, 1.165) is 50.8 Å². The molecule has 3 N–H and O–H groups in total. The van der Waals surface area contributed by atoms with Gasteiger partial charge in [-0.05, 0) is 60.9 Å². The average Bonchev–Trinajstić information content (AvgIpc) is 3.55. The van der Waals surface area contributed by atoms with E-state index >= 15 is 0 Å². The first-order valence-electron chi connectivity index (χ1n) is 11.2. The highest BCUT2D eigenvalue weighted by molar-refractivity contribution is 5.29. The van der Waals surface area contributed by atoms with Crippen molar-refractivity contribution in [1.29, 1.82) is 0 Å². The molecule has 2 aromatic carbocycles. The first-order valence-corrected chi connectivity index (χ1v) is 11.2. The zero-order valence-corrected chi connectivity index (χ0v) is 17.9. The lowest BCUT2D eigenvalue weighted by Crippen LogP contribution is -2.40. The Hall–Kier alpha value is -2.26. The van der Waals surface area contributed by atoms with Crippen LogP contribution in [0.1, 0.15) is 54.7 Å². The summed E-state index contributed by atoms with van der Waals surface area (Å²) in [6, 6.07) is 14.0. The van der Waals surface area contributed by atoms with Crippen LogP contribution in [0, 0.1) is 24.0 Å². The molecule has 164 valence electrons. The number of nitrogens with two attached hydrogens (primary N) is 1. The number of rotatable bonds is 8. The van der Waals surface area contributed by atoms with Crippen molar-refractivity contribution >= 4 is 0 Å². The maximum Gasteiger partial charge on any atom is 0.159 e. The highest BCUT2D eigenvalue weighted by Crippen LogP contribution is 2.41. The van der Waals surface area contributed by atoms with Crippen LogP contribution in [0.25, 0.3) is 0 Å². The van der Waals surface area contributed by atoms with E-state index in [-0.39, 0.29) is 5.92 Å². The summed E-state index contributed by atoms with van der Waals surface area (Å²) in [7, 11) is 0. The molecule has 0 amide bonds. The van der Waals surface area contributed by atoms with E-state index in [0.29, 0.717) is 24.7 Å². The van der Waals surface area contributed by atoms with Crippen LogP contribution < -0.4 is 11.1 Å². The standard InChI is InChI=1S/C26H31F2N3/c1-2-13-31(22-10-8-21(29)9-11-22)17-19-5-3-18(4-6-19)16-30-26-15-23(26)20-7-12-24(27)25(28)14-20/h1,3-7,12,14,21-23,26,30H,8-11,13,15-17,29H2/t21?,22?,23-,26+/m0/s1. The summed E-state index contributed by atoms with van der Waals surface area (Å²) in [5.74, 6) is 1.51. The first kappa shape index (κ1) is 22.0. The molecule has 5 heteroatoms. The van der Waals surface area contributed by atoms with Gasteiger partial charge >= 0.3 is 0 Å². The Kier molecular flexibility index (Phi) is 7.02. The maximum absolute atomic E-state index is 13.4. The van der Waals surface area contributed by atoms with Crippen LogP contribution in [0.5, 0.6) is 0 Å². The van der Waals surface area contributed by atoms with Gasteiger partial charge in [0.1, 0.15) is 0 Å². The molecule has 0 spiro atoms. The predicted octanol–water partition coefficient (Wildman–Crippen LogP) is 4.32. The number of benzene rings is 2. The molecule has 2 fully saturated rings. The second kappa shape index (κ2) is 9.91. The first-order chi connectivity index (χ1) is 15.0. The molecular formula is C26H31F2N3. The Labute approximate surface area is 184 Å². The quantitative estimate of drug-likeness (QED) is 0.622. The molecule has 2 atom stereocenters. The topological polar surface area (TPSA) is 41.3 Å². The molecule has 0 bridgehead atoms. The Morgan fingerprint density at radius 1 is 1.00 bits per heavy atom. The summed E-state index contributed by atoms with van der Waals surface area (Å²) in [5.41, 5.74) is 9.40. The molecule has 0 heterocycles. The van der Waals surface area contributed by atoms with Gasteiger partial charge in [0.25, 0.3) is 0 Å². The van der Waals surface area contributed by atoms with Gasteiger partial charge in [0, 0.05) is 37.1 Å². The highest BCUT2D eigenvalue weighted by Gasteiger charge is 2.38. The third kappa shape index (κ3) is 5.71. The normalized spacial score (nSPS) is 25.4. The second-order valence-corrected chi connectivity index (χ2v) is 9.00. The van der Waals surface area contributed by atoms with Crippen LogP contribution in [0.4, 0.5) is 8.78 Å². The van der Waals surface area contributed by atoms with Crippen LogP contribution in [0.3, 0.4) is 0 Å². The zero-order chi connectivity index (χ0) is 21.8. The number of nitrogens with one attached hydrogen (secondary N) is 1. The van der Waals surface area contributed by atoms with Crippen LogP contribution >= 0.6 is 0 Å². The minimum atomic E-state index is -0.790. The molecule has 2 saturated carbocycles. The van der Waals surface area contributed by atoms with Crippen molar-refractivity contribution in [3.8, 4) is 12.3 Å². The molecule has 31 heavy (non-hydrogen) atoms. The number of terminal acetylenes is 1. The summed E-state index contributed by atoms with van der Waals surface area (Å²) in [4.78, 5) is 2.40. The zero-order valence-electron chi connectivity index (χ0n) is 17.9. The minimum absolute atomic E-state index is 0.260. The summed E-state index contributed by atoms with van der Waals surface area (Å²) in [6.07, 6.45) is 11.0. The van der Waals surface area contributed by atoms with Gasteiger partial charge in [0.05, 0.1) is 6.54 Å². The smallest absolute Gasteiger partial charge is 0.159 e. The van der Waals surface area contributed by atoms with Gasteiger partial charge in [-0.2, -0.15) is 0 Å². The molecule has 3 nitrogen and oxygen atoms in total. The molecule has 0 unspecified atom stereocenters. The average molecular weight is 424 g/mol. The number of hydrogen-bond acceptors (Lipinski definition) is 3. The van der Waals surface area contributed by atoms with E-state index in [2.05, 4.69) is 40.4 Å². The van der Waals surface area contributed by atoms with Gasteiger partial charge in [-0.1, -0.05) is 36.3 Å². The second-order valence-electron chi connectivity index (χ2n) is 9.00. The van der Waals surface area contributed by atoms with Crippen LogP contribution in [0.2, 0.25) is 0 Å². The van der Waals surface area contributed by atoms with E-state index in [1.807, 2.05) is 0 Å². The summed E-state index contributed by atoms with van der Waals surface area (Å²) in [6.45, 7) is 2.29. The SMILES string of the molecule is C#CCN(Cc1ccc(CN[C@@H]2C[C@H]2c2ccc(F)c(F)c2)cc1)C1CCC(N)CC1. The van der Waals surface area contributed by atoms with Gasteiger partial charge in [-0.15, -0.1) is 6.42 Å². The molecule has 2 aromatic rings. The Balaban J connectivity index is 1.27. The van der Waals surface area contributed by atoms with Crippen molar-refractivity contribution in [2.45, 2.75) is 69.2 Å². The lowest BCUT2D eigenvalue weighted by molar-refractivity contribution is 0.160. The van der Waals surface area contributed by atoms with Crippen molar-refractivity contribution in [2.75, 3.05) is 6.54 Å². The third-order valence-corrected chi connectivity index (χ3v) is 6.69. The fourth-order valence-electron chi connectivity index (χ4n) is 4.68. The molecule has 0 aromatic heterocycles. The van der Waals surface area contributed by atoms with E-state index < -0.39 is 11.6 Å². The van der Waals surface area contributed by atoms with Crippen LogP contribution in [0.15, 0.2) is 42.5 Å².